The van der Waals surface area contributed by atoms with E-state index >= 15 is 8.78 Å². The summed E-state index contributed by atoms with van der Waals surface area (Å²) in [5, 5.41) is 17.1. The van der Waals surface area contributed by atoms with Crippen LogP contribution in [0.3, 0.4) is 0 Å². The number of nitrogens with two attached hydrogens (primary N) is 1. The second kappa shape index (κ2) is 14.7. The van der Waals surface area contributed by atoms with Crippen molar-refractivity contribution in [3.63, 3.8) is 0 Å². The van der Waals surface area contributed by atoms with E-state index in [0.717, 1.165) is 18.1 Å². The lowest BCUT2D eigenvalue weighted by Crippen LogP contribution is -2.71. The molecule has 284 valence electrons. The van der Waals surface area contributed by atoms with Crippen molar-refractivity contribution in [2.75, 3.05) is 18.4 Å². The number of hydrogen-bond acceptors (Lipinski definition) is 9. The molecule has 52 heavy (non-hydrogen) atoms. The molecule has 1 saturated heterocycles. The van der Waals surface area contributed by atoms with E-state index in [0.29, 0.717) is 37.9 Å². The van der Waals surface area contributed by atoms with E-state index in [1.807, 2.05) is 13.8 Å². The predicted molar refractivity (Wildman–Crippen MR) is 186 cm³/mol. The predicted octanol–water partition coefficient (Wildman–Crippen LogP) is 4.26. The van der Waals surface area contributed by atoms with E-state index in [-0.39, 0.29) is 49.7 Å². The molecule has 6 N–H and O–H groups in total. The molecular weight excluding hydrogens is 678 g/mol. The highest BCUT2D eigenvalue weighted by atomic mass is 19.1. The number of alkyl halides is 2. The van der Waals surface area contributed by atoms with Crippen molar-refractivity contribution in [2.24, 2.45) is 28.4 Å². The normalized spacial score (nSPS) is 37.3. The zero-order chi connectivity index (χ0) is 37.5. The maximum Gasteiger partial charge on any atom is 0.312 e. The first kappa shape index (κ1) is 38.2. The summed E-state index contributed by atoms with van der Waals surface area (Å²) >= 11 is 0. The zero-order valence-corrected chi connectivity index (χ0v) is 29.9. The summed E-state index contributed by atoms with van der Waals surface area (Å²) in [7, 11) is 0. The molecule has 3 saturated carbocycles. The Balaban J connectivity index is 1.11. The molecule has 4 fully saturated rings. The molecule has 12 nitrogen and oxygen atoms in total. The summed E-state index contributed by atoms with van der Waals surface area (Å²) in [5.41, 5.74) is 2.79. The number of aliphatic hydroxyl groups is 1. The largest absolute Gasteiger partial charge is 0.390 e. The fourth-order valence-electron chi connectivity index (χ4n) is 9.80. The molecule has 14 heteroatoms. The second-order valence-electron chi connectivity index (χ2n) is 15.3. The first-order valence-corrected chi connectivity index (χ1v) is 18.3. The fourth-order valence-corrected chi connectivity index (χ4v) is 9.80. The topological polar surface area (TPSA) is 178 Å². The van der Waals surface area contributed by atoms with Crippen LogP contribution in [0, 0.1) is 22.7 Å². The molecule has 0 aromatic heterocycles. The monoisotopic (exact) mass is 728 g/mol. The van der Waals surface area contributed by atoms with Crippen LogP contribution in [0.4, 0.5) is 19.3 Å². The van der Waals surface area contributed by atoms with Crippen LogP contribution in [-0.2, 0) is 35.3 Å². The van der Waals surface area contributed by atoms with Crippen molar-refractivity contribution < 1.29 is 47.4 Å². The van der Waals surface area contributed by atoms with Crippen molar-refractivity contribution in [1.82, 2.24) is 10.8 Å². The third kappa shape index (κ3) is 6.40. The van der Waals surface area contributed by atoms with E-state index in [1.165, 1.54) is 12.2 Å². The SMILES string of the molecule is CCCC1OC2CC3C4C[C@H](F)C5=CC(=O)C=CC5(C)[C@@]4(F)C(O)CC3(C)C2(C(=O)CNOCc2ccc(NC(=O)CCCCNC(N)=O)cc2)O1. The van der Waals surface area contributed by atoms with Gasteiger partial charge in [-0.05, 0) is 86.8 Å². The lowest BCUT2D eigenvalue weighted by molar-refractivity contribution is -0.234. The van der Waals surface area contributed by atoms with Crippen LogP contribution < -0.4 is 21.8 Å². The Morgan fingerprint density at radius 1 is 1.12 bits per heavy atom. The van der Waals surface area contributed by atoms with Crippen LogP contribution in [-0.4, -0.2) is 77.6 Å². The van der Waals surface area contributed by atoms with Crippen LogP contribution >= 0.6 is 0 Å². The molecule has 0 spiro atoms. The molecule has 0 radical (unpaired) electrons. The summed E-state index contributed by atoms with van der Waals surface area (Å²) in [6.45, 7) is 5.61. The van der Waals surface area contributed by atoms with Gasteiger partial charge >= 0.3 is 6.03 Å². The minimum absolute atomic E-state index is 0.0461. The summed E-state index contributed by atoms with van der Waals surface area (Å²) in [6.07, 6.45) is 1.95. The van der Waals surface area contributed by atoms with Crippen molar-refractivity contribution in [3.8, 4) is 0 Å². The van der Waals surface area contributed by atoms with Gasteiger partial charge in [-0.15, -0.1) is 0 Å². The number of anilines is 1. The number of carbonyl (C=O) groups is 4. The maximum atomic E-state index is 17.7. The Morgan fingerprint density at radius 2 is 1.87 bits per heavy atom. The number of allylic oxidation sites excluding steroid dienone is 4. The van der Waals surface area contributed by atoms with Crippen molar-refractivity contribution >= 4 is 29.2 Å². The number of nitrogens with one attached hydrogen (secondary N) is 3. The molecular formula is C38H50F2N4O8. The van der Waals surface area contributed by atoms with Gasteiger partial charge in [-0.3, -0.25) is 19.2 Å². The minimum atomic E-state index is -2.28. The van der Waals surface area contributed by atoms with Crippen LogP contribution in [0.25, 0.3) is 0 Å². The summed E-state index contributed by atoms with van der Waals surface area (Å²) in [6, 6.07) is 6.45. The Labute approximate surface area is 302 Å². The summed E-state index contributed by atoms with van der Waals surface area (Å²) in [5.74, 6) is -2.44. The van der Waals surface area contributed by atoms with Crippen LogP contribution in [0.1, 0.15) is 77.7 Å². The van der Waals surface area contributed by atoms with Gasteiger partial charge in [0.25, 0.3) is 0 Å². The Bertz CT molecular complexity index is 1620. The van der Waals surface area contributed by atoms with Gasteiger partial charge in [-0.25, -0.2) is 13.6 Å². The lowest BCUT2D eigenvalue weighted by Gasteiger charge is -2.63. The summed E-state index contributed by atoms with van der Waals surface area (Å²) < 4.78 is 46.5. The second-order valence-corrected chi connectivity index (χ2v) is 15.3. The van der Waals surface area contributed by atoms with Gasteiger partial charge in [0.15, 0.2) is 29.1 Å². The van der Waals surface area contributed by atoms with Crippen LogP contribution in [0.5, 0.6) is 0 Å². The van der Waals surface area contributed by atoms with Crippen LogP contribution in [0.2, 0.25) is 0 Å². The Morgan fingerprint density at radius 3 is 2.58 bits per heavy atom. The third-order valence-electron chi connectivity index (χ3n) is 12.3. The maximum absolute atomic E-state index is 17.7. The molecule has 3 amide bonds. The quantitative estimate of drug-likeness (QED) is 0.138. The Kier molecular flexibility index (Phi) is 10.8. The number of carbonyl (C=O) groups excluding carboxylic acids is 4. The highest BCUT2D eigenvalue weighted by Crippen LogP contribution is 2.72. The molecule has 1 heterocycles. The lowest BCUT2D eigenvalue weighted by atomic mass is 9.44. The van der Waals surface area contributed by atoms with Gasteiger partial charge in [-0.1, -0.05) is 38.5 Å². The van der Waals surface area contributed by atoms with E-state index < -0.39 is 70.4 Å². The number of halogens is 2. The van der Waals surface area contributed by atoms with Gasteiger partial charge in [0, 0.05) is 35.4 Å². The number of aliphatic hydroxyl groups excluding tert-OH is 1. The van der Waals surface area contributed by atoms with E-state index in [4.69, 9.17) is 20.0 Å². The molecule has 8 unspecified atom stereocenters. The van der Waals surface area contributed by atoms with Gasteiger partial charge in [0.1, 0.15) is 6.17 Å². The highest BCUT2D eigenvalue weighted by Gasteiger charge is 2.79. The molecule has 0 bridgehead atoms. The smallest absolute Gasteiger partial charge is 0.312 e. The van der Waals surface area contributed by atoms with Gasteiger partial charge in [0.05, 0.1) is 25.4 Å². The molecule has 10 atom stereocenters. The number of ether oxygens (including phenoxy) is 2. The van der Waals surface area contributed by atoms with Gasteiger partial charge < -0.3 is 30.9 Å². The molecule has 1 aromatic rings. The van der Waals surface area contributed by atoms with Crippen molar-refractivity contribution in [1.29, 1.82) is 0 Å². The number of rotatable bonds is 14. The number of Topliss-reactive ketones (excluding diaryl/α,β-unsaturated/α-hetero) is 1. The molecule has 4 aliphatic carbocycles. The van der Waals surface area contributed by atoms with Crippen molar-refractivity contribution in [2.45, 2.75) is 115 Å². The summed E-state index contributed by atoms with van der Waals surface area (Å²) in [4.78, 5) is 55.2. The molecule has 6 rings (SSSR count). The standard InChI is InChI=1S/C38H50F2N4O8/c1-4-7-33-51-31-18-25-26-17-28(39)27-16-24(45)13-14-35(27,2)37(26,40)29(46)19-36(25,3)38(31,52-33)30(47)20-43-50-21-22-9-11-23(12-10-22)44-32(48)8-5-6-15-42-34(41)49/h9-14,16,25-26,28-29,31,33,43,46H,4-8,15,17-21H2,1-3H3,(H,44,48)(H3,41,42,49)/t25?,26?,28-,29?,31?,33?,35?,36?,37-,38?/m0/s1. The number of fused-ring (bicyclic) bond motifs is 7. The van der Waals surface area contributed by atoms with Gasteiger partial charge in [0.2, 0.25) is 5.91 Å². The van der Waals surface area contributed by atoms with Gasteiger partial charge in [-0.2, -0.15) is 5.48 Å². The number of primary amides is 1. The van der Waals surface area contributed by atoms with Crippen molar-refractivity contribution in [3.05, 3.63) is 53.6 Å². The van der Waals surface area contributed by atoms with E-state index in [2.05, 4.69) is 16.1 Å². The molecule has 1 aromatic carbocycles. The average molecular weight is 729 g/mol. The highest BCUT2D eigenvalue weighted by molar-refractivity contribution is 6.01. The molecule has 5 aliphatic rings. The van der Waals surface area contributed by atoms with Crippen LogP contribution in [0.15, 0.2) is 48.1 Å². The minimum Gasteiger partial charge on any atom is -0.390 e. The number of benzene rings is 1. The number of hydrogen-bond donors (Lipinski definition) is 5. The number of amides is 3. The number of urea groups is 1. The van der Waals surface area contributed by atoms with E-state index in [1.54, 1.807) is 31.2 Å². The number of unbranched alkanes of at least 4 members (excludes halogenated alkanes) is 1. The average Bonchev–Trinajstić information content (AvgIpc) is 3.58. The number of ketones is 2. The van der Waals surface area contributed by atoms with E-state index in [9.17, 15) is 24.3 Å². The fraction of sp³-hybridized carbons (Fsp3) is 0.632. The third-order valence-corrected chi connectivity index (χ3v) is 12.3. The zero-order valence-electron chi connectivity index (χ0n) is 29.9. The number of hydroxylamine groups is 1. The first-order chi connectivity index (χ1) is 24.7. The first-order valence-electron chi connectivity index (χ1n) is 18.3. The molecule has 1 aliphatic heterocycles. The Hall–Kier alpha value is -3.56.